The molecule has 0 radical (unpaired) electrons. The Labute approximate surface area is 161 Å². The average molecular weight is 389 g/mol. The van der Waals surface area contributed by atoms with Gasteiger partial charge in [0, 0.05) is 34.3 Å². The Morgan fingerprint density at radius 3 is 2.65 bits per heavy atom. The molecule has 0 spiro atoms. The Hall–Kier alpha value is -2.08. The number of anilines is 3. The van der Waals surface area contributed by atoms with E-state index in [1.54, 1.807) is 18.2 Å². The van der Waals surface area contributed by atoms with Gasteiger partial charge >= 0.3 is 0 Å². The zero-order valence-electron chi connectivity index (χ0n) is 14.0. The van der Waals surface area contributed by atoms with E-state index in [-0.39, 0.29) is 6.10 Å². The molecule has 134 valence electrons. The molecule has 2 N–H and O–H groups in total. The first-order valence-corrected chi connectivity index (χ1v) is 9.28. The van der Waals surface area contributed by atoms with Crippen molar-refractivity contribution < 1.29 is 4.74 Å². The van der Waals surface area contributed by atoms with Crippen molar-refractivity contribution in [1.82, 2.24) is 9.97 Å². The van der Waals surface area contributed by atoms with Gasteiger partial charge in [0.1, 0.15) is 5.82 Å². The number of aromatic nitrogens is 2. The van der Waals surface area contributed by atoms with Gasteiger partial charge in [-0.2, -0.15) is 4.98 Å². The molecular weight excluding hydrogens is 371 g/mol. The Bertz CT molecular complexity index is 908. The molecule has 5 nitrogen and oxygen atoms in total. The van der Waals surface area contributed by atoms with E-state index in [1.807, 2.05) is 24.3 Å². The van der Waals surface area contributed by atoms with E-state index in [4.69, 9.17) is 27.9 Å². The fourth-order valence-electron chi connectivity index (χ4n) is 3.04. The third-order valence-electron chi connectivity index (χ3n) is 4.24. The predicted octanol–water partition coefficient (Wildman–Crippen LogP) is 5.27. The highest BCUT2D eigenvalue weighted by Crippen LogP contribution is 2.27. The number of nitrogens with one attached hydrogen (secondary N) is 2. The van der Waals surface area contributed by atoms with Gasteiger partial charge in [0.2, 0.25) is 5.95 Å². The van der Waals surface area contributed by atoms with Crippen LogP contribution in [-0.4, -0.2) is 29.2 Å². The van der Waals surface area contributed by atoms with Crippen LogP contribution in [0.1, 0.15) is 12.8 Å². The summed E-state index contributed by atoms with van der Waals surface area (Å²) in [4.78, 5) is 9.23. The molecule has 0 saturated carbocycles. The van der Waals surface area contributed by atoms with Crippen molar-refractivity contribution in [3.05, 3.63) is 52.5 Å². The molecule has 1 aliphatic rings. The van der Waals surface area contributed by atoms with E-state index in [1.165, 1.54) is 0 Å². The van der Waals surface area contributed by atoms with Crippen molar-refractivity contribution in [3.8, 4) is 0 Å². The van der Waals surface area contributed by atoms with E-state index in [0.29, 0.717) is 16.0 Å². The SMILES string of the molecule is Clc1cc(Cl)cc(Nc2nc(NCC3CCCO3)c3ccccc3n2)c1. The minimum Gasteiger partial charge on any atom is -0.376 e. The first kappa shape index (κ1) is 17.3. The van der Waals surface area contributed by atoms with E-state index in [0.717, 1.165) is 48.4 Å². The van der Waals surface area contributed by atoms with Crippen LogP contribution < -0.4 is 10.6 Å². The van der Waals surface area contributed by atoms with Crippen LogP contribution in [0.2, 0.25) is 10.0 Å². The molecule has 26 heavy (non-hydrogen) atoms. The summed E-state index contributed by atoms with van der Waals surface area (Å²) < 4.78 is 5.69. The van der Waals surface area contributed by atoms with Crippen LogP contribution in [0, 0.1) is 0 Å². The van der Waals surface area contributed by atoms with Crippen molar-refractivity contribution in [2.75, 3.05) is 23.8 Å². The molecule has 2 heterocycles. The van der Waals surface area contributed by atoms with Gasteiger partial charge < -0.3 is 15.4 Å². The highest BCUT2D eigenvalue weighted by Gasteiger charge is 2.16. The molecule has 1 aliphatic heterocycles. The molecule has 0 amide bonds. The van der Waals surface area contributed by atoms with Crippen LogP contribution in [0.4, 0.5) is 17.5 Å². The van der Waals surface area contributed by atoms with E-state index in [2.05, 4.69) is 20.6 Å². The Morgan fingerprint density at radius 2 is 1.88 bits per heavy atom. The van der Waals surface area contributed by atoms with Crippen LogP contribution in [0.5, 0.6) is 0 Å². The normalized spacial score (nSPS) is 16.8. The molecule has 7 heteroatoms. The molecule has 1 aromatic heterocycles. The van der Waals surface area contributed by atoms with E-state index >= 15 is 0 Å². The smallest absolute Gasteiger partial charge is 0.229 e. The molecule has 1 saturated heterocycles. The molecule has 0 bridgehead atoms. The second-order valence-corrected chi connectivity index (χ2v) is 7.08. The highest BCUT2D eigenvalue weighted by molar-refractivity contribution is 6.35. The molecule has 0 aliphatic carbocycles. The summed E-state index contributed by atoms with van der Waals surface area (Å²) in [5.41, 5.74) is 1.59. The number of halogens is 2. The Balaban J connectivity index is 1.64. The predicted molar refractivity (Wildman–Crippen MR) is 107 cm³/mol. The van der Waals surface area contributed by atoms with Gasteiger partial charge in [-0.25, -0.2) is 4.98 Å². The van der Waals surface area contributed by atoms with Crippen LogP contribution in [0.15, 0.2) is 42.5 Å². The fraction of sp³-hybridized carbons (Fsp3) is 0.263. The number of benzene rings is 2. The summed E-state index contributed by atoms with van der Waals surface area (Å²) >= 11 is 12.1. The third-order valence-corrected chi connectivity index (χ3v) is 4.68. The molecule has 1 fully saturated rings. The van der Waals surface area contributed by atoms with Crippen molar-refractivity contribution >= 4 is 51.6 Å². The lowest BCUT2D eigenvalue weighted by Crippen LogP contribution is -2.19. The fourth-order valence-corrected chi connectivity index (χ4v) is 3.56. The molecule has 1 atom stereocenters. The summed E-state index contributed by atoms with van der Waals surface area (Å²) in [7, 11) is 0. The topological polar surface area (TPSA) is 59.1 Å². The van der Waals surface area contributed by atoms with Crippen LogP contribution >= 0.6 is 23.2 Å². The molecule has 3 aromatic rings. The van der Waals surface area contributed by atoms with E-state index < -0.39 is 0 Å². The van der Waals surface area contributed by atoms with Crippen LogP contribution in [-0.2, 0) is 4.74 Å². The number of para-hydroxylation sites is 1. The zero-order valence-corrected chi connectivity index (χ0v) is 15.5. The summed E-state index contributed by atoms with van der Waals surface area (Å²) in [6, 6.07) is 13.2. The van der Waals surface area contributed by atoms with Gasteiger partial charge in [-0.05, 0) is 43.2 Å². The minimum atomic E-state index is 0.229. The lowest BCUT2D eigenvalue weighted by atomic mass is 10.2. The zero-order chi connectivity index (χ0) is 17.9. The minimum absolute atomic E-state index is 0.229. The Morgan fingerprint density at radius 1 is 1.08 bits per heavy atom. The monoisotopic (exact) mass is 388 g/mol. The molecule has 4 rings (SSSR count). The largest absolute Gasteiger partial charge is 0.376 e. The molecule has 1 unspecified atom stereocenters. The lowest BCUT2D eigenvalue weighted by Gasteiger charge is -2.14. The van der Waals surface area contributed by atoms with Gasteiger partial charge in [-0.1, -0.05) is 35.3 Å². The first-order chi connectivity index (χ1) is 12.7. The van der Waals surface area contributed by atoms with Crippen molar-refractivity contribution in [1.29, 1.82) is 0 Å². The van der Waals surface area contributed by atoms with Crippen molar-refractivity contribution in [3.63, 3.8) is 0 Å². The lowest BCUT2D eigenvalue weighted by molar-refractivity contribution is 0.120. The van der Waals surface area contributed by atoms with Gasteiger partial charge in [-0.15, -0.1) is 0 Å². The van der Waals surface area contributed by atoms with Gasteiger partial charge in [0.05, 0.1) is 11.6 Å². The van der Waals surface area contributed by atoms with Gasteiger partial charge in [-0.3, -0.25) is 0 Å². The number of hydrogen-bond acceptors (Lipinski definition) is 5. The number of ether oxygens (including phenoxy) is 1. The summed E-state index contributed by atoms with van der Waals surface area (Å²) in [6.07, 6.45) is 2.41. The average Bonchev–Trinajstić information content (AvgIpc) is 3.12. The number of rotatable bonds is 5. The van der Waals surface area contributed by atoms with Gasteiger partial charge in [0.15, 0.2) is 0 Å². The summed E-state index contributed by atoms with van der Waals surface area (Å²) in [6.45, 7) is 1.56. The summed E-state index contributed by atoms with van der Waals surface area (Å²) in [5, 5.41) is 8.67. The maximum atomic E-state index is 6.07. The van der Waals surface area contributed by atoms with Crippen LogP contribution in [0.25, 0.3) is 10.9 Å². The number of hydrogen-bond donors (Lipinski definition) is 2. The second kappa shape index (κ2) is 7.66. The number of fused-ring (bicyclic) bond motifs is 1. The quantitative estimate of drug-likeness (QED) is 0.623. The Kier molecular flexibility index (Phi) is 5.11. The maximum Gasteiger partial charge on any atom is 0.229 e. The summed E-state index contributed by atoms with van der Waals surface area (Å²) in [5.74, 6) is 1.26. The highest BCUT2D eigenvalue weighted by atomic mass is 35.5. The molecular formula is C19H18Cl2N4O. The first-order valence-electron chi connectivity index (χ1n) is 8.53. The van der Waals surface area contributed by atoms with Crippen molar-refractivity contribution in [2.24, 2.45) is 0 Å². The van der Waals surface area contributed by atoms with Crippen molar-refractivity contribution in [2.45, 2.75) is 18.9 Å². The number of nitrogens with zero attached hydrogens (tertiary/aromatic N) is 2. The third kappa shape index (κ3) is 4.01. The standard InChI is InChI=1S/C19H18Cl2N4O/c20-12-8-13(21)10-14(9-12)23-19-24-17-6-2-1-5-16(17)18(25-19)22-11-15-4-3-7-26-15/h1-2,5-6,8-10,15H,3-4,7,11H2,(H2,22,23,24,25). The van der Waals surface area contributed by atoms with E-state index in [9.17, 15) is 0 Å². The second-order valence-electron chi connectivity index (χ2n) is 6.21. The van der Waals surface area contributed by atoms with Crippen LogP contribution in [0.3, 0.4) is 0 Å². The maximum absolute atomic E-state index is 6.07. The van der Waals surface area contributed by atoms with Gasteiger partial charge in [0.25, 0.3) is 0 Å². The molecule has 2 aromatic carbocycles.